The second-order valence-electron chi connectivity index (χ2n) is 4.09. The zero-order valence-corrected chi connectivity index (χ0v) is 9.56. The minimum absolute atomic E-state index is 0.248. The van der Waals surface area contributed by atoms with Crippen molar-refractivity contribution in [3.63, 3.8) is 0 Å². The molecule has 1 aromatic rings. The third-order valence-electron chi connectivity index (χ3n) is 2.55. The summed E-state index contributed by atoms with van der Waals surface area (Å²) in [6, 6.07) is 2.32. The zero-order valence-electron chi connectivity index (χ0n) is 9.56. The number of aromatic nitrogens is 2. The smallest absolute Gasteiger partial charge is 0.0534 e. The van der Waals surface area contributed by atoms with Gasteiger partial charge in [-0.3, -0.25) is 4.68 Å². The van der Waals surface area contributed by atoms with Gasteiger partial charge >= 0.3 is 0 Å². The molecule has 0 radical (unpaired) electrons. The van der Waals surface area contributed by atoms with E-state index in [4.69, 9.17) is 5.11 Å². The molecule has 0 aliphatic carbocycles. The van der Waals surface area contributed by atoms with Gasteiger partial charge in [0.2, 0.25) is 0 Å². The van der Waals surface area contributed by atoms with Crippen LogP contribution in [-0.4, -0.2) is 34.1 Å². The van der Waals surface area contributed by atoms with E-state index in [0.717, 1.165) is 19.5 Å². The summed E-state index contributed by atoms with van der Waals surface area (Å²) in [6.07, 6.45) is 4.56. The first kappa shape index (κ1) is 12.2. The Kier molecular flexibility index (Phi) is 5.36. The van der Waals surface area contributed by atoms with Gasteiger partial charge < -0.3 is 10.4 Å². The number of aliphatic hydroxyl groups excluding tert-OH is 1. The largest absolute Gasteiger partial charge is 0.396 e. The lowest BCUT2D eigenvalue weighted by molar-refractivity contribution is 0.243. The van der Waals surface area contributed by atoms with Gasteiger partial charge in [-0.25, -0.2) is 0 Å². The van der Waals surface area contributed by atoms with Crippen molar-refractivity contribution in [2.45, 2.75) is 32.9 Å². The Morgan fingerprint density at radius 3 is 2.80 bits per heavy atom. The number of aliphatic hydroxyl groups is 1. The molecule has 2 N–H and O–H groups in total. The van der Waals surface area contributed by atoms with Crippen molar-refractivity contribution in [3.8, 4) is 0 Å². The molecule has 1 heterocycles. The minimum atomic E-state index is 0.248. The number of nitrogens with one attached hydrogen (secondary N) is 1. The lowest BCUT2D eigenvalue weighted by Crippen LogP contribution is -2.36. The fraction of sp³-hybridized carbons (Fsp3) is 0.727. The van der Waals surface area contributed by atoms with Gasteiger partial charge in [0.1, 0.15) is 0 Å². The van der Waals surface area contributed by atoms with E-state index in [2.05, 4.69) is 24.3 Å². The number of rotatable bonds is 7. The highest BCUT2D eigenvalue weighted by Crippen LogP contribution is 2.04. The second kappa shape index (κ2) is 6.58. The first-order chi connectivity index (χ1) is 7.24. The van der Waals surface area contributed by atoms with Crippen LogP contribution in [-0.2, 0) is 6.54 Å². The topological polar surface area (TPSA) is 50.1 Å². The van der Waals surface area contributed by atoms with Gasteiger partial charge in [-0.1, -0.05) is 13.8 Å². The Hall–Kier alpha value is -0.870. The van der Waals surface area contributed by atoms with Crippen molar-refractivity contribution in [3.05, 3.63) is 18.5 Å². The molecule has 15 heavy (non-hydrogen) atoms. The summed E-state index contributed by atoms with van der Waals surface area (Å²) in [5, 5.41) is 16.5. The first-order valence-corrected chi connectivity index (χ1v) is 5.55. The zero-order chi connectivity index (χ0) is 11.1. The maximum atomic E-state index is 8.91. The highest BCUT2D eigenvalue weighted by molar-refractivity contribution is 4.78. The highest BCUT2D eigenvalue weighted by Gasteiger charge is 2.11. The van der Waals surface area contributed by atoms with Gasteiger partial charge in [-0.2, -0.15) is 5.10 Å². The third-order valence-corrected chi connectivity index (χ3v) is 2.55. The van der Waals surface area contributed by atoms with Crippen LogP contribution in [0.3, 0.4) is 0 Å². The molecule has 1 unspecified atom stereocenters. The van der Waals surface area contributed by atoms with Gasteiger partial charge in [-0.05, 0) is 18.4 Å². The highest BCUT2D eigenvalue weighted by atomic mass is 16.3. The fourth-order valence-electron chi connectivity index (χ4n) is 1.61. The third kappa shape index (κ3) is 4.44. The number of hydrogen-bond acceptors (Lipinski definition) is 3. The molecule has 1 atom stereocenters. The molecular weight excluding hydrogens is 190 g/mol. The summed E-state index contributed by atoms with van der Waals surface area (Å²) in [5.74, 6) is 0.551. The maximum absolute atomic E-state index is 8.91. The van der Waals surface area contributed by atoms with Crippen molar-refractivity contribution in [2.24, 2.45) is 5.92 Å². The Morgan fingerprint density at radius 2 is 2.27 bits per heavy atom. The molecule has 86 valence electrons. The van der Waals surface area contributed by atoms with E-state index in [1.165, 1.54) is 0 Å². The second-order valence-corrected chi connectivity index (χ2v) is 4.09. The normalized spacial score (nSPS) is 13.3. The minimum Gasteiger partial charge on any atom is -0.396 e. The molecule has 0 spiro atoms. The van der Waals surface area contributed by atoms with Crippen LogP contribution in [0.1, 0.15) is 20.3 Å². The molecule has 4 nitrogen and oxygen atoms in total. The maximum Gasteiger partial charge on any atom is 0.0534 e. The molecule has 1 aromatic heterocycles. The summed E-state index contributed by atoms with van der Waals surface area (Å²) in [6.45, 7) is 6.35. The van der Waals surface area contributed by atoms with Crippen molar-refractivity contribution in [2.75, 3.05) is 13.2 Å². The van der Waals surface area contributed by atoms with Crippen LogP contribution in [0.2, 0.25) is 0 Å². The van der Waals surface area contributed by atoms with Crippen molar-refractivity contribution in [1.29, 1.82) is 0 Å². The molecule has 0 aliphatic rings. The molecular formula is C11H21N3O. The average molecular weight is 211 g/mol. The Bertz CT molecular complexity index is 246. The van der Waals surface area contributed by atoms with Crippen molar-refractivity contribution >= 4 is 0 Å². The summed E-state index contributed by atoms with van der Waals surface area (Å²) in [4.78, 5) is 0. The lowest BCUT2D eigenvalue weighted by Gasteiger charge is -2.21. The summed E-state index contributed by atoms with van der Waals surface area (Å²) >= 11 is 0. The van der Waals surface area contributed by atoms with E-state index >= 15 is 0 Å². The van der Waals surface area contributed by atoms with E-state index < -0.39 is 0 Å². The SMILES string of the molecule is CC(C)C(CCO)NCCn1cccn1. The van der Waals surface area contributed by atoms with Gasteiger partial charge in [0, 0.05) is 31.6 Å². The summed E-state index contributed by atoms with van der Waals surface area (Å²) in [5.41, 5.74) is 0. The molecule has 0 bridgehead atoms. The summed E-state index contributed by atoms with van der Waals surface area (Å²) in [7, 11) is 0. The van der Waals surface area contributed by atoms with E-state index in [-0.39, 0.29) is 6.61 Å². The number of hydrogen-bond donors (Lipinski definition) is 2. The van der Waals surface area contributed by atoms with Crippen LogP contribution >= 0.6 is 0 Å². The number of nitrogens with zero attached hydrogens (tertiary/aromatic N) is 2. The van der Waals surface area contributed by atoms with E-state index in [1.807, 2.05) is 16.9 Å². The van der Waals surface area contributed by atoms with Crippen LogP contribution in [0, 0.1) is 5.92 Å². The molecule has 0 saturated carbocycles. The summed E-state index contributed by atoms with van der Waals surface area (Å²) < 4.78 is 1.91. The van der Waals surface area contributed by atoms with Crippen LogP contribution in [0.4, 0.5) is 0 Å². The van der Waals surface area contributed by atoms with E-state index in [0.29, 0.717) is 12.0 Å². The van der Waals surface area contributed by atoms with E-state index in [9.17, 15) is 0 Å². The Labute approximate surface area is 91.3 Å². The van der Waals surface area contributed by atoms with Crippen LogP contribution in [0.5, 0.6) is 0 Å². The van der Waals surface area contributed by atoms with Gasteiger partial charge in [0.25, 0.3) is 0 Å². The average Bonchev–Trinajstić information content (AvgIpc) is 2.69. The van der Waals surface area contributed by atoms with Crippen molar-refractivity contribution in [1.82, 2.24) is 15.1 Å². The predicted molar refractivity (Wildman–Crippen MR) is 60.6 cm³/mol. The molecule has 0 saturated heterocycles. The standard InChI is InChI=1S/C11H21N3O/c1-10(2)11(4-9-15)12-6-8-14-7-3-5-13-14/h3,5,7,10-12,15H,4,6,8-9H2,1-2H3. The predicted octanol–water partition coefficient (Wildman–Crippen LogP) is 0.880. The molecule has 4 heteroatoms. The molecule has 0 amide bonds. The van der Waals surface area contributed by atoms with Crippen LogP contribution < -0.4 is 5.32 Å². The van der Waals surface area contributed by atoms with Gasteiger partial charge in [0.15, 0.2) is 0 Å². The quantitative estimate of drug-likeness (QED) is 0.704. The fourth-order valence-corrected chi connectivity index (χ4v) is 1.61. The molecule has 0 aromatic carbocycles. The lowest BCUT2D eigenvalue weighted by atomic mass is 10.0. The van der Waals surface area contributed by atoms with Gasteiger partial charge in [-0.15, -0.1) is 0 Å². The van der Waals surface area contributed by atoms with Crippen LogP contribution in [0.15, 0.2) is 18.5 Å². The van der Waals surface area contributed by atoms with Crippen molar-refractivity contribution < 1.29 is 5.11 Å². The first-order valence-electron chi connectivity index (χ1n) is 5.55. The van der Waals surface area contributed by atoms with Gasteiger partial charge in [0.05, 0.1) is 6.54 Å². The molecule has 0 fully saturated rings. The Morgan fingerprint density at radius 1 is 1.47 bits per heavy atom. The molecule has 1 rings (SSSR count). The van der Waals surface area contributed by atoms with Crippen LogP contribution in [0.25, 0.3) is 0 Å². The monoisotopic (exact) mass is 211 g/mol. The molecule has 0 aliphatic heterocycles. The Balaban J connectivity index is 2.22. The van der Waals surface area contributed by atoms with E-state index in [1.54, 1.807) is 6.20 Å².